The summed E-state index contributed by atoms with van der Waals surface area (Å²) in [6.07, 6.45) is 7.82. The summed E-state index contributed by atoms with van der Waals surface area (Å²) in [6.45, 7) is 87.1. The molecule has 5 aromatic rings. The Balaban J connectivity index is -0.0000000920. The summed E-state index contributed by atoms with van der Waals surface area (Å²) >= 11 is 1.88. The van der Waals surface area contributed by atoms with Crippen LogP contribution in [0, 0.1) is 0 Å². The Morgan fingerprint density at radius 2 is 0.630 bits per heavy atom. The number of H-pyrrole nitrogens is 3. The molecule has 0 bridgehead atoms. The van der Waals surface area contributed by atoms with E-state index in [1.165, 1.54) is 55.5 Å². The lowest BCUT2D eigenvalue weighted by Gasteiger charge is -2.28. The molecule has 3 N–H and O–H groups in total. The Bertz CT molecular complexity index is 1790. The first-order valence-corrected chi connectivity index (χ1v) is 30.3. The Morgan fingerprint density at radius 1 is 0.321 bits per heavy atom. The zero-order chi connectivity index (χ0) is 62.1. The minimum atomic E-state index is 0. The van der Waals surface area contributed by atoms with Gasteiger partial charge in [-0.05, 0) is 83.9 Å². The first kappa shape index (κ1) is 99.6. The molecule has 0 aliphatic carbocycles. The number of hydrogen-bond donors (Lipinski definition) is 3. The Hall–Kier alpha value is -3.45. The van der Waals surface area contributed by atoms with Crippen LogP contribution in [0.4, 0.5) is 0 Å². The van der Waals surface area contributed by atoms with Crippen molar-refractivity contribution in [2.45, 2.75) is 368 Å². The molecule has 0 aliphatic rings. The number of thiophene rings is 1. The van der Waals surface area contributed by atoms with E-state index in [2.05, 4.69) is 262 Å². The number of rotatable bonds is 0. The average Bonchev–Trinajstić information content (AvgIpc) is 4.13. The molecule has 0 saturated heterocycles. The molecule has 484 valence electrons. The van der Waals surface area contributed by atoms with Crippen LogP contribution in [0.1, 0.15) is 370 Å². The molecule has 0 spiro atoms. The molecule has 0 aromatic carbocycles. The van der Waals surface area contributed by atoms with Crippen molar-refractivity contribution in [3.63, 3.8) is 0 Å². The van der Waals surface area contributed by atoms with Crippen molar-refractivity contribution in [1.29, 1.82) is 0 Å². The van der Waals surface area contributed by atoms with Gasteiger partial charge >= 0.3 is 0 Å². The molecule has 0 amide bonds. The van der Waals surface area contributed by atoms with Crippen LogP contribution in [-0.4, -0.2) is 30.4 Å². The van der Waals surface area contributed by atoms with E-state index in [-0.39, 0.29) is 91.3 Å². The fraction of sp³-hybridized carbons (Fsp3) is 0.743. The molecule has 5 aromatic heterocycles. The lowest BCUT2D eigenvalue weighted by Crippen LogP contribution is -2.23. The molecule has 0 aliphatic heterocycles. The van der Waals surface area contributed by atoms with Crippen LogP contribution in [-0.2, 0) is 54.1 Å². The highest BCUT2D eigenvalue weighted by Gasteiger charge is 2.30. The molecule has 7 heteroatoms. The third kappa shape index (κ3) is 36.8. The molecule has 6 nitrogen and oxygen atoms in total. The molecule has 5 rings (SSSR count). The van der Waals surface area contributed by atoms with Crippen LogP contribution >= 0.6 is 11.3 Å². The van der Waals surface area contributed by atoms with E-state index in [9.17, 15) is 0 Å². The molecule has 0 fully saturated rings. The van der Waals surface area contributed by atoms with E-state index in [0.717, 1.165) is 0 Å². The predicted octanol–water partition coefficient (Wildman–Crippen LogP) is 26.0. The monoisotopic (exact) mass is 1160 g/mol. The summed E-state index contributed by atoms with van der Waals surface area (Å²) in [6, 6.07) is 8.68. The van der Waals surface area contributed by atoms with Gasteiger partial charge in [-0.15, -0.1) is 11.3 Å². The van der Waals surface area contributed by atoms with E-state index in [4.69, 9.17) is 0 Å². The molecular formula is C74H152N6S. The Morgan fingerprint density at radius 3 is 0.840 bits per heavy atom. The van der Waals surface area contributed by atoms with Crippen LogP contribution in [0.5, 0.6) is 0 Å². The minimum Gasteiger partial charge on any atom is -0.364 e. The van der Waals surface area contributed by atoms with Gasteiger partial charge < -0.3 is 4.98 Å². The molecular weight excluding hydrogens is 1000 g/mol. The highest BCUT2D eigenvalue weighted by Crippen LogP contribution is 2.38. The maximum Gasteiger partial charge on any atom is 0.0527 e. The number of aromatic amines is 3. The van der Waals surface area contributed by atoms with Crippen LogP contribution in [0.3, 0.4) is 0 Å². The fourth-order valence-corrected chi connectivity index (χ4v) is 8.75. The summed E-state index contributed by atoms with van der Waals surface area (Å²) in [7, 11) is 0. The van der Waals surface area contributed by atoms with Gasteiger partial charge in [0.1, 0.15) is 0 Å². The second-order valence-corrected chi connectivity index (χ2v) is 29.6. The zero-order valence-corrected chi connectivity index (χ0v) is 59.3. The van der Waals surface area contributed by atoms with Crippen molar-refractivity contribution in [3.8, 4) is 0 Å². The van der Waals surface area contributed by atoms with Gasteiger partial charge in [0.15, 0.2) is 0 Å². The lowest BCUT2D eigenvalue weighted by atomic mass is 9.78. The number of hydrogen-bond acceptors (Lipinski definition) is 4. The number of aromatic nitrogens is 6. The molecule has 0 saturated carbocycles. The molecule has 0 unspecified atom stereocenters. The van der Waals surface area contributed by atoms with Crippen LogP contribution in [0.15, 0.2) is 54.4 Å². The topological polar surface area (TPSA) is 86.0 Å². The van der Waals surface area contributed by atoms with E-state index >= 15 is 0 Å². The van der Waals surface area contributed by atoms with Gasteiger partial charge in [-0.2, -0.15) is 10.2 Å². The highest BCUT2D eigenvalue weighted by atomic mass is 32.1. The minimum absolute atomic E-state index is 0. The average molecular weight is 1160 g/mol. The van der Waals surface area contributed by atoms with Gasteiger partial charge in [-0.1, -0.05) is 320 Å². The van der Waals surface area contributed by atoms with Crippen molar-refractivity contribution in [1.82, 2.24) is 30.4 Å². The SMILES string of the molecule is C.C.C.C.C.CC.CC.CC.CC.CC.CC(C)(C)c1cc[nH]c1C(C)(C)C.CC(C)(C)c1cccnc1C(C)(C)C.CC(C)(C)c1ccsc1C(C)(C)C.CC(C)(C)c1cn[nH]c1C(C)(C)C.CC(C)(C)c1cn[nH]c1C(C)(C)C. The largest absolute Gasteiger partial charge is 0.364 e. The van der Waals surface area contributed by atoms with Gasteiger partial charge in [-0.3, -0.25) is 15.2 Å². The maximum absolute atomic E-state index is 4.52. The first-order valence-electron chi connectivity index (χ1n) is 29.5. The third-order valence-electron chi connectivity index (χ3n) is 11.2. The van der Waals surface area contributed by atoms with Gasteiger partial charge in [0.05, 0.1) is 12.4 Å². The van der Waals surface area contributed by atoms with E-state index in [1.807, 2.05) is 111 Å². The van der Waals surface area contributed by atoms with E-state index in [0.29, 0.717) is 0 Å². The van der Waals surface area contributed by atoms with E-state index < -0.39 is 0 Å². The third-order valence-corrected chi connectivity index (χ3v) is 12.5. The van der Waals surface area contributed by atoms with Crippen LogP contribution in [0.25, 0.3) is 0 Å². The summed E-state index contributed by atoms with van der Waals surface area (Å²) in [5.41, 5.74) is 14.0. The van der Waals surface area contributed by atoms with Crippen molar-refractivity contribution < 1.29 is 0 Å². The molecule has 5 heterocycles. The zero-order valence-electron chi connectivity index (χ0n) is 58.4. The van der Waals surface area contributed by atoms with Gasteiger partial charge in [0.2, 0.25) is 0 Å². The molecule has 0 radical (unpaired) electrons. The van der Waals surface area contributed by atoms with Gasteiger partial charge in [0, 0.05) is 61.7 Å². The summed E-state index contributed by atoms with van der Waals surface area (Å²) < 4.78 is 0. The van der Waals surface area contributed by atoms with Gasteiger partial charge in [0.25, 0.3) is 0 Å². The summed E-state index contributed by atoms with van der Waals surface area (Å²) in [4.78, 5) is 9.40. The normalized spacial score (nSPS) is 11.2. The first-order chi connectivity index (χ1) is 34.1. The van der Waals surface area contributed by atoms with Crippen molar-refractivity contribution in [3.05, 3.63) is 110 Å². The second-order valence-electron chi connectivity index (χ2n) is 28.6. The fourth-order valence-electron chi connectivity index (χ4n) is 7.56. The van der Waals surface area contributed by atoms with Crippen molar-refractivity contribution >= 4 is 11.3 Å². The molecule has 0 atom stereocenters. The van der Waals surface area contributed by atoms with Crippen molar-refractivity contribution in [2.24, 2.45) is 0 Å². The van der Waals surface area contributed by atoms with E-state index in [1.54, 1.807) is 0 Å². The Labute approximate surface area is 517 Å². The maximum atomic E-state index is 4.52. The van der Waals surface area contributed by atoms with Crippen LogP contribution < -0.4 is 0 Å². The quantitative estimate of drug-likeness (QED) is 0.144. The highest BCUT2D eigenvalue weighted by molar-refractivity contribution is 7.10. The number of nitrogens with zero attached hydrogens (tertiary/aromatic N) is 3. The van der Waals surface area contributed by atoms with Gasteiger partial charge in [-0.25, -0.2) is 0 Å². The standard InChI is InChI=1S/C13H21N.C12H21N.C12H20S.2C11H20N2.5C2H6.5CH4/c1-12(2,3)10-8-7-9-14-11(10)13(4,5)6;2*1-11(2,3)9-7-8-13-10(9)12(4,5)6;2*1-10(2,3)8-7-12-13-9(8)11(4,5)6;5*1-2;;;;;/h7-9H,1-6H3;7-8,13H,1-6H3;7-8H,1-6H3;2*7H,1-6H3,(H,12,13);5*1-2H3;5*1H4. The smallest absolute Gasteiger partial charge is 0.0527 e. The number of pyridine rings is 1. The number of nitrogens with one attached hydrogen (secondary N) is 3. The second kappa shape index (κ2) is 41.5. The van der Waals surface area contributed by atoms with Crippen molar-refractivity contribution in [2.75, 3.05) is 0 Å². The Kier molecular flexibility index (Phi) is 51.1. The lowest BCUT2D eigenvalue weighted by molar-refractivity contribution is 0.514. The summed E-state index contributed by atoms with van der Waals surface area (Å²) in [5, 5.41) is 16.7. The van der Waals surface area contributed by atoms with Crippen LogP contribution in [0.2, 0.25) is 0 Å². The summed E-state index contributed by atoms with van der Waals surface area (Å²) in [5.74, 6) is 0. The predicted molar refractivity (Wildman–Crippen MR) is 384 cm³/mol. The molecule has 81 heavy (non-hydrogen) atoms.